The second-order valence-corrected chi connectivity index (χ2v) is 23.2. The number of primary amides is 2. The number of aromatic amines is 2. The second-order valence-electron chi connectivity index (χ2n) is 23.2. The van der Waals surface area contributed by atoms with Crippen LogP contribution < -0.4 is 88.4 Å². The van der Waals surface area contributed by atoms with Gasteiger partial charge >= 0.3 is 0 Å². The lowest BCUT2D eigenvalue weighted by atomic mass is 9.96. The maximum absolute atomic E-state index is 15.0. The van der Waals surface area contributed by atoms with Gasteiger partial charge in [-0.3, -0.25) is 57.9 Å². The predicted molar refractivity (Wildman–Crippen MR) is 358 cm³/mol. The van der Waals surface area contributed by atoms with Crippen LogP contribution in [-0.2, 0) is 73.6 Å². The fourth-order valence-electron chi connectivity index (χ4n) is 10.3. The molecule has 0 aliphatic carbocycles. The molecule has 10 amide bonds. The highest BCUT2D eigenvalue weighted by molar-refractivity contribution is 5.99. The van der Waals surface area contributed by atoms with Crippen LogP contribution >= 0.6 is 0 Å². The Hall–Kier alpha value is -10.4. The first-order chi connectivity index (χ1) is 45.5. The van der Waals surface area contributed by atoms with Crippen molar-refractivity contribution >= 4 is 81.9 Å². The van der Waals surface area contributed by atoms with Crippen LogP contribution in [0.4, 0.5) is 0 Å². The Labute approximate surface area is 550 Å². The highest BCUT2D eigenvalue weighted by Gasteiger charge is 2.37. The molecule has 31 heteroatoms. The van der Waals surface area contributed by atoms with E-state index in [2.05, 4.69) is 67.5 Å². The number of hydrogen-bond donors (Lipinski definition) is 18. The zero-order valence-corrected chi connectivity index (χ0v) is 53.7. The number of rotatable bonds is 42. The number of carbonyl (C=O) groups is 10. The molecule has 0 saturated heterocycles. The number of aromatic nitrogens is 3. The lowest BCUT2D eigenvalue weighted by Crippen LogP contribution is -2.62. The fourth-order valence-corrected chi connectivity index (χ4v) is 10.3. The topological polar surface area (TPSA) is 544 Å². The number of unbranched alkanes of at least 4 members (excludes halogenated alkanes) is 1. The van der Waals surface area contributed by atoms with E-state index in [0.717, 1.165) is 10.9 Å². The van der Waals surface area contributed by atoms with Gasteiger partial charge in [-0.1, -0.05) is 99.1 Å². The molecule has 0 radical (unpaired) electrons. The smallest absolute Gasteiger partial charge is 0.243 e. The first kappa shape index (κ1) is 75.3. The Morgan fingerprint density at radius 2 is 0.958 bits per heavy atom. The molecule has 26 N–H and O–H groups in total. The van der Waals surface area contributed by atoms with Crippen molar-refractivity contribution < 1.29 is 47.9 Å². The van der Waals surface area contributed by atoms with Gasteiger partial charge in [0.25, 0.3) is 0 Å². The summed E-state index contributed by atoms with van der Waals surface area (Å²) >= 11 is 0. The van der Waals surface area contributed by atoms with Gasteiger partial charge in [-0.25, -0.2) is 4.98 Å². The van der Waals surface area contributed by atoms with Crippen molar-refractivity contribution in [1.29, 1.82) is 0 Å². The average Bonchev–Trinajstić information content (AvgIpc) is 1.77. The Morgan fingerprint density at radius 1 is 0.495 bits per heavy atom. The maximum Gasteiger partial charge on any atom is 0.243 e. The number of hydrogen-bond acceptors (Lipinski definition) is 15. The van der Waals surface area contributed by atoms with Crippen LogP contribution in [0.3, 0.4) is 0 Å². The number of benzene rings is 3. The minimum Gasteiger partial charge on any atom is -0.370 e. The third-order valence-electron chi connectivity index (χ3n) is 15.8. The van der Waals surface area contributed by atoms with E-state index in [1.165, 1.54) is 12.5 Å². The first-order valence-electron chi connectivity index (χ1n) is 31.6. The van der Waals surface area contributed by atoms with E-state index in [4.69, 9.17) is 45.9 Å². The average molecular weight is 1320 g/mol. The summed E-state index contributed by atoms with van der Waals surface area (Å²) in [5.41, 5.74) is 48.1. The predicted octanol–water partition coefficient (Wildman–Crippen LogP) is -2.60. The first-order valence-corrected chi connectivity index (χ1v) is 31.6. The molecule has 0 aliphatic heterocycles. The molecule has 0 unspecified atom stereocenters. The van der Waals surface area contributed by atoms with Crippen molar-refractivity contribution in [3.8, 4) is 0 Å². The Morgan fingerprint density at radius 3 is 1.47 bits per heavy atom. The van der Waals surface area contributed by atoms with Crippen LogP contribution in [0.15, 0.2) is 114 Å². The summed E-state index contributed by atoms with van der Waals surface area (Å²) in [4.78, 5) is 159. The van der Waals surface area contributed by atoms with Gasteiger partial charge in [-0.2, -0.15) is 0 Å². The largest absolute Gasteiger partial charge is 0.370 e. The van der Waals surface area contributed by atoms with Gasteiger partial charge in [0.15, 0.2) is 11.9 Å². The van der Waals surface area contributed by atoms with Gasteiger partial charge in [0, 0.05) is 74.2 Å². The van der Waals surface area contributed by atoms with Gasteiger partial charge in [0.1, 0.15) is 48.3 Å². The number of para-hydroxylation sites is 1. The highest BCUT2D eigenvalue weighted by atomic mass is 16.2. The molecule has 2 aromatic heterocycles. The number of fused-ring (bicyclic) bond motifs is 1. The van der Waals surface area contributed by atoms with Gasteiger partial charge in [0.2, 0.25) is 59.1 Å². The van der Waals surface area contributed by atoms with Crippen LogP contribution in [0.2, 0.25) is 0 Å². The molecular formula is C64H93N21O10. The zero-order chi connectivity index (χ0) is 69.4. The van der Waals surface area contributed by atoms with Gasteiger partial charge in [-0.05, 0) is 86.6 Å². The van der Waals surface area contributed by atoms with Crippen LogP contribution in [0.25, 0.3) is 10.9 Å². The molecule has 0 bridgehead atoms. The SMILES string of the molecule is CC[C@H](C)[C@H](NC(=O)[C@@H](Cc1ccccc1)NC(=O)[C@@H](Cc1c[nH]c2ccccc12)NC(=O)[C@@H](N)CCCN=C(N)N)C(=O)N[C@H](Cc1ccccc1)C(=O)N[C@@H](Cc1cnc[nH]1)C(=O)N[C@@H](CCCCN)C(=O)N[C@@H](CCCN=C(N)N)C(=O)N[C@@H](CCC(N)=O)C(N)=O. The van der Waals surface area contributed by atoms with E-state index >= 15 is 4.79 Å². The number of nitrogens with one attached hydrogen (secondary N) is 10. The lowest BCUT2D eigenvalue weighted by molar-refractivity contribution is -0.136. The summed E-state index contributed by atoms with van der Waals surface area (Å²) in [5.74, 6) is -8.96. The number of carbonyl (C=O) groups excluding carboxylic acids is 10. The molecule has 0 fully saturated rings. The van der Waals surface area contributed by atoms with Crippen molar-refractivity contribution in [3.63, 3.8) is 0 Å². The van der Waals surface area contributed by atoms with Crippen LogP contribution in [0.1, 0.15) is 100 Å². The van der Waals surface area contributed by atoms with E-state index in [1.54, 1.807) is 80.7 Å². The molecule has 3 aromatic carbocycles. The molecule has 31 nitrogen and oxygen atoms in total. The summed E-state index contributed by atoms with van der Waals surface area (Å²) in [6.45, 7) is 4.02. The lowest BCUT2D eigenvalue weighted by Gasteiger charge is -2.30. The number of nitrogens with zero attached hydrogens (tertiary/aromatic N) is 3. The summed E-state index contributed by atoms with van der Waals surface area (Å²) in [5, 5.41) is 22.8. The third-order valence-corrected chi connectivity index (χ3v) is 15.8. The zero-order valence-electron chi connectivity index (χ0n) is 53.7. The molecule has 95 heavy (non-hydrogen) atoms. The quantitative estimate of drug-likeness (QED) is 0.0108. The van der Waals surface area contributed by atoms with Crippen molar-refractivity contribution in [2.45, 2.75) is 158 Å². The molecule has 2 heterocycles. The van der Waals surface area contributed by atoms with Gasteiger partial charge in [0.05, 0.1) is 12.4 Å². The number of imidazole rings is 1. The minimum absolute atomic E-state index is 0.00380. The minimum atomic E-state index is -1.47. The van der Waals surface area contributed by atoms with Crippen LogP contribution in [-0.4, -0.2) is 160 Å². The maximum atomic E-state index is 15.0. The standard InChI is InChI=1S/C64H93N21O10/c1-3-37(2)53(85-61(94)49(31-39-18-8-5-9-19-39)82-59(92)50(32-40-34-76-44-22-11-10-20-42(40)44)81-55(88)43(66)21-14-28-74-63(69)70)62(95)84-48(30-38-16-6-4-7-17-38)58(91)83-51(33-41-35-73-36-77-41)60(93)80-46(23-12-13-27-65)57(90)79-47(24-15-29-75-64(71)72)56(89)78-45(54(68)87)25-26-52(67)86/h4-11,16-20,22,34-37,43,45-51,53,76H,3,12-15,21,23-33,65-66H2,1-2H3,(H2,67,86)(H2,68,87)(H,73,77)(H,78,89)(H,79,90)(H,80,93)(H,81,88)(H,82,92)(H,83,91)(H,84,95)(H,85,94)(H4,69,70,74)(H4,71,72,75)/t37-,43-,45-,46-,47-,48+,49+,50+,51-,53-/m0/s1. The van der Waals surface area contributed by atoms with E-state index in [0.29, 0.717) is 48.1 Å². The van der Waals surface area contributed by atoms with Gasteiger partial charge in [-0.15, -0.1) is 0 Å². The monoisotopic (exact) mass is 1320 g/mol. The van der Waals surface area contributed by atoms with Crippen molar-refractivity contribution in [2.75, 3.05) is 19.6 Å². The second kappa shape index (κ2) is 39.2. The highest BCUT2D eigenvalue weighted by Crippen LogP contribution is 2.20. The number of H-pyrrole nitrogens is 2. The van der Waals surface area contributed by atoms with E-state index < -0.39 is 119 Å². The van der Waals surface area contributed by atoms with Crippen molar-refractivity contribution in [3.05, 3.63) is 126 Å². The summed E-state index contributed by atoms with van der Waals surface area (Å²) in [6.07, 6.45) is 5.28. The molecule has 514 valence electrons. The molecule has 5 aromatic rings. The van der Waals surface area contributed by atoms with E-state index in [1.807, 2.05) is 24.3 Å². The fraction of sp³-hybridized carbons (Fsp3) is 0.453. The Bertz CT molecular complexity index is 3380. The number of nitrogens with two attached hydrogens (primary N) is 8. The van der Waals surface area contributed by atoms with Gasteiger partial charge < -0.3 is 98.4 Å². The third kappa shape index (κ3) is 25.9. The normalized spacial score (nSPS) is 14.2. The molecular weight excluding hydrogens is 1220 g/mol. The van der Waals surface area contributed by atoms with E-state index in [9.17, 15) is 43.2 Å². The molecule has 5 rings (SSSR count). The van der Waals surface area contributed by atoms with Crippen molar-refractivity contribution in [2.24, 2.45) is 61.8 Å². The molecule has 0 saturated carbocycles. The molecule has 10 atom stereocenters. The number of guanidine groups is 2. The van der Waals surface area contributed by atoms with Crippen LogP contribution in [0, 0.1) is 5.92 Å². The summed E-state index contributed by atoms with van der Waals surface area (Å²) in [7, 11) is 0. The molecule has 0 spiro atoms. The summed E-state index contributed by atoms with van der Waals surface area (Å²) < 4.78 is 0. The Balaban J connectivity index is 1.44. The van der Waals surface area contributed by atoms with Crippen LogP contribution in [0.5, 0.6) is 0 Å². The number of aliphatic imine (C=N–C) groups is 2. The Kier molecular flexibility index (Phi) is 31.1. The van der Waals surface area contributed by atoms with Crippen molar-refractivity contribution in [1.82, 2.24) is 57.5 Å². The van der Waals surface area contributed by atoms with E-state index in [-0.39, 0.29) is 95.8 Å². The number of amides is 10. The summed E-state index contributed by atoms with van der Waals surface area (Å²) in [6, 6.07) is 13.0. The molecule has 0 aliphatic rings.